The second kappa shape index (κ2) is 11.6. The third kappa shape index (κ3) is 4.64. The number of hydrogen-bond donors (Lipinski definition) is 1. The maximum atomic E-state index is 9.71. The summed E-state index contributed by atoms with van der Waals surface area (Å²) < 4.78 is 0. The van der Waals surface area contributed by atoms with Crippen molar-refractivity contribution in [2.24, 2.45) is 5.16 Å². The van der Waals surface area contributed by atoms with Crippen LogP contribution in [0.5, 0.6) is 0 Å². The number of nitrogens with zero attached hydrogens (tertiary/aromatic N) is 5. The average Bonchev–Trinajstić information content (AvgIpc) is 3.59. The molecule has 0 aromatic carbocycles. The van der Waals surface area contributed by atoms with Gasteiger partial charge in [-0.05, 0) is 75.7 Å². The zero-order chi connectivity index (χ0) is 28.0. The normalized spacial score (nSPS) is 13.5. The van der Waals surface area contributed by atoms with Gasteiger partial charge in [0.1, 0.15) is 0 Å². The third-order valence-corrected chi connectivity index (χ3v) is 8.40. The second-order valence-corrected chi connectivity index (χ2v) is 10.4. The van der Waals surface area contributed by atoms with Gasteiger partial charge in [-0.1, -0.05) is 73.3 Å². The molecule has 3 aromatic heterocycles. The van der Waals surface area contributed by atoms with E-state index < -0.39 is 0 Å². The summed E-state index contributed by atoms with van der Waals surface area (Å²) in [5.74, 6) is 0. The van der Waals surface area contributed by atoms with E-state index in [0.717, 1.165) is 87.2 Å². The van der Waals surface area contributed by atoms with Crippen molar-refractivity contribution >= 4 is 50.6 Å². The summed E-state index contributed by atoms with van der Waals surface area (Å²) in [7, 11) is 0. The van der Waals surface area contributed by atoms with Gasteiger partial charge in [-0.25, -0.2) is 9.97 Å². The van der Waals surface area contributed by atoms with Gasteiger partial charge < -0.3 is 15.2 Å². The molecule has 0 unspecified atom stereocenters. The molecule has 7 heteroatoms. The molecule has 3 aromatic rings. The summed E-state index contributed by atoms with van der Waals surface area (Å²) in [6.07, 6.45) is 4.91. The molecule has 0 saturated carbocycles. The van der Waals surface area contributed by atoms with Gasteiger partial charge in [-0.2, -0.15) is 0 Å². The number of oxime groups is 1. The van der Waals surface area contributed by atoms with E-state index >= 15 is 0 Å². The topological polar surface area (TPSA) is 86.6 Å². The van der Waals surface area contributed by atoms with Gasteiger partial charge in [0, 0.05) is 5.56 Å². The number of aryl methyl sites for hydroxylation is 4. The van der Waals surface area contributed by atoms with Crippen LogP contribution >= 0.6 is 0 Å². The molecular formula is C33H37N5NiO. The molecule has 0 spiro atoms. The molecule has 0 saturated heterocycles. The molecule has 5 heterocycles. The predicted molar refractivity (Wildman–Crippen MR) is 162 cm³/mol. The van der Waals surface area contributed by atoms with Crippen LogP contribution in [0.4, 0.5) is 0 Å². The number of allylic oxidation sites excluding steroid dienone is 4. The van der Waals surface area contributed by atoms with E-state index in [2.05, 4.69) is 78.7 Å². The van der Waals surface area contributed by atoms with E-state index in [1.807, 2.05) is 0 Å². The van der Waals surface area contributed by atoms with Gasteiger partial charge in [0.25, 0.3) is 0 Å². The Morgan fingerprint density at radius 1 is 0.700 bits per heavy atom. The molecule has 8 bridgehead atoms. The minimum Gasteiger partial charge on any atom is -0.657 e. The van der Waals surface area contributed by atoms with Gasteiger partial charge >= 0.3 is 16.5 Å². The molecule has 0 radical (unpaired) electrons. The number of hydrogen-bond acceptors (Lipinski definition) is 4. The first-order chi connectivity index (χ1) is 18.8. The van der Waals surface area contributed by atoms with Gasteiger partial charge in [-0.15, -0.1) is 22.1 Å². The van der Waals surface area contributed by atoms with Gasteiger partial charge in [-0.3, -0.25) is 0 Å². The molecule has 40 heavy (non-hydrogen) atoms. The van der Waals surface area contributed by atoms with Crippen LogP contribution in [0.15, 0.2) is 23.4 Å². The van der Waals surface area contributed by atoms with E-state index in [0.29, 0.717) is 0 Å². The molecule has 0 amide bonds. The smallest absolute Gasteiger partial charge is 0.657 e. The quantitative estimate of drug-likeness (QED) is 0.145. The molecule has 2 aliphatic rings. The molecule has 0 atom stereocenters. The van der Waals surface area contributed by atoms with E-state index in [9.17, 15) is 5.21 Å². The van der Waals surface area contributed by atoms with Crippen LogP contribution in [0, 0.1) is 13.8 Å². The van der Waals surface area contributed by atoms with Crippen molar-refractivity contribution in [3.05, 3.63) is 68.8 Å². The summed E-state index contributed by atoms with van der Waals surface area (Å²) in [5, 5.41) is 13.2. The first kappa shape index (κ1) is 29.5. The largest absolute Gasteiger partial charge is 2.00 e. The van der Waals surface area contributed by atoms with Crippen LogP contribution in [0.25, 0.3) is 44.4 Å². The summed E-state index contributed by atoms with van der Waals surface area (Å²) >= 11 is 0. The maximum absolute atomic E-state index is 9.71. The molecule has 6 nitrogen and oxygen atoms in total. The van der Waals surface area contributed by atoms with Crippen LogP contribution in [0.1, 0.15) is 105 Å². The number of rotatable bonds is 5. The Bertz CT molecular complexity index is 1750. The van der Waals surface area contributed by atoms with Gasteiger partial charge in [0.05, 0.1) is 29.0 Å². The maximum Gasteiger partial charge on any atom is 2.00 e. The van der Waals surface area contributed by atoms with Crippen molar-refractivity contribution in [3.63, 3.8) is 0 Å². The zero-order valence-electron chi connectivity index (χ0n) is 24.6. The zero-order valence-corrected chi connectivity index (χ0v) is 25.6. The number of aromatic nitrogens is 4. The monoisotopic (exact) mass is 577 g/mol. The summed E-state index contributed by atoms with van der Waals surface area (Å²) in [4.78, 5) is 20.4. The van der Waals surface area contributed by atoms with E-state index in [1.165, 1.54) is 39.6 Å². The first-order valence-corrected chi connectivity index (χ1v) is 14.0. The summed E-state index contributed by atoms with van der Waals surface area (Å²) in [6.45, 7) is 17.1. The Hall–Kier alpha value is -3.44. The van der Waals surface area contributed by atoms with Crippen molar-refractivity contribution in [2.75, 3.05) is 0 Å². The Kier molecular flexibility index (Phi) is 8.56. The molecule has 210 valence electrons. The summed E-state index contributed by atoms with van der Waals surface area (Å²) in [6, 6.07) is 6.38. The standard InChI is InChI=1S/C33H37N5O.Ni/c1-9-21-17(5)26-13-27-18(6)22(10-2)29(36-27)15-31-24(12-4)20(8)33(38-31)25(16-34-39)32-19(7)23(11-3)30(37-32)14-28(21)35-26;/h13-16,39H,9-12H2,1-8H3;/q-2;+2/b26-13?,27-13?,28-14?,29-15?,30-14?,31-15?,32-25?,33-25?,34-16+;. The van der Waals surface area contributed by atoms with Crippen LogP contribution in [-0.4, -0.2) is 21.4 Å². The van der Waals surface area contributed by atoms with Crippen molar-refractivity contribution in [2.45, 2.75) is 81.1 Å². The van der Waals surface area contributed by atoms with E-state index in [-0.39, 0.29) is 16.5 Å². The minimum atomic E-state index is 0. The van der Waals surface area contributed by atoms with E-state index in [4.69, 9.17) is 19.9 Å². The molecule has 5 rings (SSSR count). The van der Waals surface area contributed by atoms with Crippen molar-refractivity contribution < 1.29 is 21.7 Å². The van der Waals surface area contributed by atoms with Crippen LogP contribution in [0.3, 0.4) is 0 Å². The van der Waals surface area contributed by atoms with Crippen LogP contribution in [0.2, 0.25) is 0 Å². The molecular weight excluding hydrogens is 541 g/mol. The third-order valence-electron chi connectivity index (χ3n) is 8.40. The molecule has 1 N–H and O–H groups in total. The predicted octanol–water partition coefficient (Wildman–Crippen LogP) is 7.80. The fourth-order valence-corrected chi connectivity index (χ4v) is 6.22. The van der Waals surface area contributed by atoms with Gasteiger partial charge in [0.15, 0.2) is 0 Å². The molecule has 2 aliphatic heterocycles. The molecule has 0 fully saturated rings. The average molecular weight is 578 g/mol. The Morgan fingerprint density at radius 3 is 1.85 bits per heavy atom. The number of fused-ring (bicyclic) bond motifs is 8. The Balaban J connectivity index is 0.00000370. The van der Waals surface area contributed by atoms with Crippen molar-refractivity contribution in [3.8, 4) is 0 Å². The van der Waals surface area contributed by atoms with Crippen molar-refractivity contribution in [1.82, 2.24) is 19.9 Å². The fourth-order valence-electron chi connectivity index (χ4n) is 6.22. The molecule has 0 aliphatic carbocycles. The minimum absolute atomic E-state index is 0. The SMILES string of the molecule is CCC1=C(C)c2cc3[n-]c(cc4nc(c(/C=N/O)c5[n-]c(cc1n2)c(CC)c5C)C(C)=C4CC)c(CC)c3C.[Ni+2]. The first-order valence-electron chi connectivity index (χ1n) is 14.0. The summed E-state index contributed by atoms with van der Waals surface area (Å²) in [5.41, 5.74) is 17.3. The Morgan fingerprint density at radius 2 is 1.25 bits per heavy atom. The van der Waals surface area contributed by atoms with Crippen LogP contribution < -0.4 is 9.97 Å². The Labute approximate surface area is 246 Å². The van der Waals surface area contributed by atoms with Gasteiger partial charge in [0.2, 0.25) is 0 Å². The second-order valence-electron chi connectivity index (χ2n) is 10.4. The van der Waals surface area contributed by atoms with E-state index in [1.54, 1.807) is 0 Å². The van der Waals surface area contributed by atoms with Crippen molar-refractivity contribution in [1.29, 1.82) is 0 Å². The fraction of sp³-hybridized carbons (Fsp3) is 0.364. The van der Waals surface area contributed by atoms with Crippen LogP contribution in [-0.2, 0) is 29.3 Å².